The zero-order chi connectivity index (χ0) is 25.3. The van der Waals surface area contributed by atoms with Gasteiger partial charge in [0.25, 0.3) is 0 Å². The molecule has 3 aliphatic rings. The monoisotopic (exact) mass is 514 g/mol. The van der Waals surface area contributed by atoms with Crippen molar-refractivity contribution < 1.29 is 4.52 Å². The number of thiophene rings is 1. The van der Waals surface area contributed by atoms with Gasteiger partial charge in [-0.3, -0.25) is 0 Å². The van der Waals surface area contributed by atoms with E-state index in [1.165, 1.54) is 4.88 Å². The van der Waals surface area contributed by atoms with Crippen LogP contribution in [0.5, 0.6) is 0 Å². The van der Waals surface area contributed by atoms with E-state index in [-0.39, 0.29) is 11.5 Å². The van der Waals surface area contributed by atoms with Crippen LogP contribution in [0.25, 0.3) is 22.6 Å². The Morgan fingerprint density at radius 3 is 2.89 bits per heavy atom. The molecule has 2 aliphatic carbocycles. The SMILES string of the molecule is CC1C(n2ncc3cnc(-c4noc5c4CCCC54CCCc5sc(N)c(C#N)c54)nc32)CCCN1C. The summed E-state index contributed by atoms with van der Waals surface area (Å²) in [5, 5.41) is 20.8. The Morgan fingerprint density at radius 2 is 2.05 bits per heavy atom. The van der Waals surface area contributed by atoms with Crippen LogP contribution in [0.3, 0.4) is 0 Å². The molecule has 1 aliphatic heterocycles. The number of nitrogens with two attached hydrogens (primary N) is 1. The average Bonchev–Trinajstić information content (AvgIpc) is 3.61. The lowest BCUT2D eigenvalue weighted by Gasteiger charge is -2.39. The second kappa shape index (κ2) is 8.36. The highest BCUT2D eigenvalue weighted by molar-refractivity contribution is 7.16. The predicted octanol–water partition coefficient (Wildman–Crippen LogP) is 4.61. The zero-order valence-electron chi connectivity index (χ0n) is 21.2. The van der Waals surface area contributed by atoms with Crippen LogP contribution in [0.4, 0.5) is 5.00 Å². The lowest BCUT2D eigenvalue weighted by molar-refractivity contribution is 0.133. The summed E-state index contributed by atoms with van der Waals surface area (Å²) in [6.07, 6.45) is 11.7. The van der Waals surface area contributed by atoms with Gasteiger partial charge in [0.15, 0.2) is 22.9 Å². The van der Waals surface area contributed by atoms with E-state index in [2.05, 4.69) is 34.8 Å². The first-order chi connectivity index (χ1) is 18.0. The maximum absolute atomic E-state index is 9.96. The summed E-state index contributed by atoms with van der Waals surface area (Å²) in [5.41, 5.74) is 10.3. The smallest absolute Gasteiger partial charge is 0.184 e. The van der Waals surface area contributed by atoms with Crippen LogP contribution < -0.4 is 5.73 Å². The van der Waals surface area contributed by atoms with Gasteiger partial charge in [-0.2, -0.15) is 10.4 Å². The molecule has 1 fully saturated rings. The van der Waals surface area contributed by atoms with Gasteiger partial charge in [0.1, 0.15) is 11.1 Å². The van der Waals surface area contributed by atoms with E-state index in [9.17, 15) is 5.26 Å². The van der Waals surface area contributed by atoms with E-state index >= 15 is 0 Å². The molecule has 0 bridgehead atoms. The van der Waals surface area contributed by atoms with Crippen LogP contribution in [-0.2, 0) is 18.3 Å². The third-order valence-electron chi connectivity index (χ3n) is 8.98. The number of fused-ring (bicyclic) bond motifs is 5. The van der Waals surface area contributed by atoms with Crippen LogP contribution in [0.15, 0.2) is 16.9 Å². The Kier molecular flexibility index (Phi) is 5.17. The Labute approximate surface area is 219 Å². The Hall–Kier alpha value is -3.29. The zero-order valence-corrected chi connectivity index (χ0v) is 22.0. The minimum absolute atomic E-state index is 0.266. The number of aryl methyl sites for hydroxylation is 1. The molecule has 9 nitrogen and oxygen atoms in total. The van der Waals surface area contributed by atoms with E-state index in [1.807, 2.05) is 12.4 Å². The summed E-state index contributed by atoms with van der Waals surface area (Å²) in [5.74, 6) is 1.46. The first-order valence-corrected chi connectivity index (χ1v) is 14.0. The van der Waals surface area contributed by atoms with Crippen molar-refractivity contribution in [3.8, 4) is 17.6 Å². The van der Waals surface area contributed by atoms with E-state index in [0.29, 0.717) is 28.1 Å². The van der Waals surface area contributed by atoms with Gasteiger partial charge < -0.3 is 15.2 Å². The van der Waals surface area contributed by atoms with Gasteiger partial charge in [-0.15, -0.1) is 11.3 Å². The fraction of sp³-hybridized carbons (Fsp3) is 0.519. The minimum atomic E-state index is -0.348. The maximum atomic E-state index is 9.96. The number of likely N-dealkylation sites (N-methyl/N-ethyl adjacent to an activating group) is 1. The summed E-state index contributed by atoms with van der Waals surface area (Å²) >= 11 is 1.56. The van der Waals surface area contributed by atoms with Crippen molar-refractivity contribution in [2.24, 2.45) is 0 Å². The van der Waals surface area contributed by atoms with Crippen molar-refractivity contribution >= 4 is 27.4 Å². The Morgan fingerprint density at radius 1 is 1.22 bits per heavy atom. The number of hydrogen-bond donors (Lipinski definition) is 1. The molecule has 1 spiro atoms. The van der Waals surface area contributed by atoms with E-state index < -0.39 is 0 Å². The standard InChI is InChI=1S/C27H30N8OS/c1-15-19(7-5-11-34(15)2)35-26-16(14-31-35)13-30-25(32-26)22-17-6-3-9-27(23(17)36-33-22)10-4-8-20-21(27)18(12-28)24(29)37-20/h13-15,19H,3-11,29H2,1-2H3. The highest BCUT2D eigenvalue weighted by Crippen LogP contribution is 2.55. The van der Waals surface area contributed by atoms with Crippen molar-refractivity contribution in [2.75, 3.05) is 19.3 Å². The molecular formula is C27H30N8OS. The molecule has 4 aromatic heterocycles. The highest BCUT2D eigenvalue weighted by atomic mass is 32.1. The third kappa shape index (κ3) is 3.23. The Bertz CT molecular complexity index is 1560. The largest absolute Gasteiger partial charge is 0.389 e. The van der Waals surface area contributed by atoms with Crippen molar-refractivity contribution in [3.63, 3.8) is 0 Å². The summed E-state index contributed by atoms with van der Waals surface area (Å²) in [4.78, 5) is 13.3. The fourth-order valence-electron chi connectivity index (χ4n) is 7.02. The van der Waals surface area contributed by atoms with Gasteiger partial charge in [0.05, 0.1) is 28.6 Å². The average molecular weight is 515 g/mol. The summed E-state index contributed by atoms with van der Waals surface area (Å²) < 4.78 is 8.25. The molecule has 37 heavy (non-hydrogen) atoms. The molecule has 5 heterocycles. The number of anilines is 1. The number of rotatable bonds is 2. The second-order valence-electron chi connectivity index (χ2n) is 10.9. The van der Waals surface area contributed by atoms with E-state index in [0.717, 1.165) is 85.8 Å². The molecule has 3 unspecified atom stereocenters. The first-order valence-electron chi connectivity index (χ1n) is 13.2. The maximum Gasteiger partial charge on any atom is 0.184 e. The number of nitrogen functional groups attached to an aromatic ring is 1. The fourth-order valence-corrected chi connectivity index (χ4v) is 8.19. The van der Waals surface area contributed by atoms with Gasteiger partial charge in [-0.05, 0) is 77.4 Å². The van der Waals surface area contributed by atoms with E-state index in [4.69, 9.17) is 25.3 Å². The van der Waals surface area contributed by atoms with E-state index in [1.54, 1.807) is 11.3 Å². The summed E-state index contributed by atoms with van der Waals surface area (Å²) in [6.45, 7) is 3.37. The van der Waals surface area contributed by atoms with Crippen LogP contribution in [0.2, 0.25) is 0 Å². The molecule has 7 rings (SSSR count). The molecule has 0 aromatic carbocycles. The summed E-state index contributed by atoms with van der Waals surface area (Å²) in [6, 6.07) is 3.03. The number of nitrogens with zero attached hydrogens (tertiary/aromatic N) is 7. The number of hydrogen-bond acceptors (Lipinski definition) is 9. The molecule has 0 saturated carbocycles. The molecule has 190 valence electrons. The molecular weight excluding hydrogens is 484 g/mol. The number of aromatic nitrogens is 5. The van der Waals surface area contributed by atoms with Crippen LogP contribution in [0, 0.1) is 11.3 Å². The topological polar surface area (TPSA) is 123 Å². The second-order valence-corrected chi connectivity index (χ2v) is 12.0. The minimum Gasteiger partial charge on any atom is -0.389 e. The Balaban J connectivity index is 1.34. The molecule has 0 amide bonds. The molecule has 3 atom stereocenters. The van der Waals surface area contributed by atoms with Crippen molar-refractivity contribution in [3.05, 3.63) is 39.7 Å². The third-order valence-corrected chi connectivity index (χ3v) is 10.1. The van der Waals surface area contributed by atoms with Crippen LogP contribution >= 0.6 is 11.3 Å². The lowest BCUT2D eigenvalue weighted by atomic mass is 9.63. The van der Waals surface area contributed by atoms with Gasteiger partial charge >= 0.3 is 0 Å². The number of nitriles is 1. The lowest BCUT2D eigenvalue weighted by Crippen LogP contribution is -2.42. The van der Waals surface area contributed by atoms with Gasteiger partial charge in [-0.1, -0.05) is 5.16 Å². The van der Waals surface area contributed by atoms with Crippen LogP contribution in [-0.4, -0.2) is 49.4 Å². The van der Waals surface area contributed by atoms with Crippen LogP contribution in [0.1, 0.15) is 78.8 Å². The molecule has 10 heteroatoms. The first kappa shape index (κ1) is 22.9. The molecule has 4 aromatic rings. The molecule has 1 saturated heterocycles. The van der Waals surface area contributed by atoms with Crippen molar-refractivity contribution in [2.45, 2.75) is 75.8 Å². The quantitative estimate of drug-likeness (QED) is 0.411. The predicted molar refractivity (Wildman–Crippen MR) is 141 cm³/mol. The summed E-state index contributed by atoms with van der Waals surface area (Å²) in [7, 11) is 2.18. The van der Waals surface area contributed by atoms with Crippen molar-refractivity contribution in [1.82, 2.24) is 29.8 Å². The van der Waals surface area contributed by atoms with Gasteiger partial charge in [0.2, 0.25) is 0 Å². The highest BCUT2D eigenvalue weighted by Gasteiger charge is 2.48. The normalized spacial score (nSPS) is 25.8. The molecule has 0 radical (unpaired) electrons. The molecule has 2 N–H and O–H groups in total. The number of likely N-dealkylation sites (tertiary alicyclic amines) is 1. The van der Waals surface area contributed by atoms with Gasteiger partial charge in [-0.25, -0.2) is 14.6 Å². The van der Waals surface area contributed by atoms with Crippen molar-refractivity contribution in [1.29, 1.82) is 5.26 Å². The number of piperidine rings is 1. The van der Waals surface area contributed by atoms with Gasteiger partial charge in [0, 0.05) is 22.7 Å².